The van der Waals surface area contributed by atoms with E-state index in [4.69, 9.17) is 0 Å². The first-order valence-electron chi connectivity index (χ1n) is 6.72. The van der Waals surface area contributed by atoms with Crippen molar-refractivity contribution in [2.75, 3.05) is 6.54 Å². The van der Waals surface area contributed by atoms with Gasteiger partial charge < -0.3 is 5.32 Å². The van der Waals surface area contributed by atoms with Crippen LogP contribution in [0.15, 0.2) is 11.1 Å². The third-order valence-electron chi connectivity index (χ3n) is 3.14. The number of nitrogens with one attached hydrogen (secondary N) is 1. The van der Waals surface area contributed by atoms with Crippen LogP contribution >= 0.6 is 11.3 Å². The molecule has 0 radical (unpaired) electrons. The molecule has 0 saturated carbocycles. The lowest BCUT2D eigenvalue weighted by molar-refractivity contribution is 0.0952. The van der Waals surface area contributed by atoms with Crippen LogP contribution in [0.2, 0.25) is 0 Å². The Hall–Kier alpha value is -1.69. The monoisotopic (exact) mass is 293 g/mol. The SMILES string of the molecule is CCn1cnc2sc(C(=O)NCC(C)C)c(C)c2c1=O. The van der Waals surface area contributed by atoms with Gasteiger partial charge in [0.2, 0.25) is 0 Å². The van der Waals surface area contributed by atoms with Gasteiger partial charge in [-0.15, -0.1) is 11.3 Å². The van der Waals surface area contributed by atoms with Crippen molar-refractivity contribution in [1.29, 1.82) is 0 Å². The summed E-state index contributed by atoms with van der Waals surface area (Å²) < 4.78 is 1.55. The normalized spacial score (nSPS) is 11.2. The van der Waals surface area contributed by atoms with Crippen LogP contribution in [0.1, 0.15) is 36.0 Å². The topological polar surface area (TPSA) is 64.0 Å². The molecule has 20 heavy (non-hydrogen) atoms. The number of fused-ring (bicyclic) bond motifs is 1. The number of amides is 1. The van der Waals surface area contributed by atoms with Gasteiger partial charge in [-0.3, -0.25) is 14.2 Å². The van der Waals surface area contributed by atoms with Gasteiger partial charge in [0.05, 0.1) is 16.6 Å². The Labute approximate surface area is 121 Å². The smallest absolute Gasteiger partial charge is 0.262 e. The summed E-state index contributed by atoms with van der Waals surface area (Å²) in [6.07, 6.45) is 1.54. The summed E-state index contributed by atoms with van der Waals surface area (Å²) in [6, 6.07) is 0. The van der Waals surface area contributed by atoms with Gasteiger partial charge in [-0.2, -0.15) is 0 Å². The summed E-state index contributed by atoms with van der Waals surface area (Å²) in [7, 11) is 0. The number of aromatic nitrogens is 2. The number of thiophene rings is 1. The minimum atomic E-state index is -0.123. The molecule has 0 aromatic carbocycles. The standard InChI is InChI=1S/C14H19N3O2S/c1-5-17-7-16-13-10(14(17)19)9(4)11(20-13)12(18)15-6-8(2)3/h7-8H,5-6H2,1-4H3,(H,15,18). The molecule has 2 aromatic rings. The highest BCUT2D eigenvalue weighted by atomic mass is 32.1. The number of aryl methyl sites for hydroxylation is 2. The fraction of sp³-hybridized carbons (Fsp3) is 0.500. The Morgan fingerprint density at radius 2 is 2.20 bits per heavy atom. The molecule has 2 heterocycles. The van der Waals surface area contributed by atoms with Crippen molar-refractivity contribution in [1.82, 2.24) is 14.9 Å². The quantitative estimate of drug-likeness (QED) is 0.939. The Morgan fingerprint density at radius 1 is 1.50 bits per heavy atom. The molecule has 0 spiro atoms. The maximum atomic E-state index is 12.3. The largest absolute Gasteiger partial charge is 0.351 e. The van der Waals surface area contributed by atoms with Gasteiger partial charge in [-0.1, -0.05) is 13.8 Å². The second kappa shape index (κ2) is 5.75. The summed E-state index contributed by atoms with van der Waals surface area (Å²) in [5.74, 6) is 0.269. The number of hydrogen-bond donors (Lipinski definition) is 1. The van der Waals surface area contributed by atoms with Crippen molar-refractivity contribution < 1.29 is 4.79 Å². The average molecular weight is 293 g/mol. The van der Waals surface area contributed by atoms with E-state index < -0.39 is 0 Å². The summed E-state index contributed by atoms with van der Waals surface area (Å²) in [6.45, 7) is 8.99. The molecule has 0 aliphatic rings. The van der Waals surface area contributed by atoms with Gasteiger partial charge in [-0.05, 0) is 25.3 Å². The summed E-state index contributed by atoms with van der Waals surface area (Å²) in [4.78, 5) is 29.9. The fourth-order valence-corrected chi connectivity index (χ4v) is 3.03. The van der Waals surface area contributed by atoms with Crippen molar-refractivity contribution in [2.24, 2.45) is 5.92 Å². The van der Waals surface area contributed by atoms with Crippen molar-refractivity contribution in [2.45, 2.75) is 34.2 Å². The molecule has 5 nitrogen and oxygen atoms in total. The fourth-order valence-electron chi connectivity index (χ4n) is 1.98. The van der Waals surface area contributed by atoms with E-state index in [0.717, 1.165) is 5.56 Å². The van der Waals surface area contributed by atoms with E-state index in [2.05, 4.69) is 10.3 Å². The first-order chi connectivity index (χ1) is 9.45. The molecule has 0 unspecified atom stereocenters. The highest BCUT2D eigenvalue weighted by Crippen LogP contribution is 2.26. The first kappa shape index (κ1) is 14.7. The van der Waals surface area contributed by atoms with Gasteiger partial charge >= 0.3 is 0 Å². The summed E-state index contributed by atoms with van der Waals surface area (Å²) in [5.41, 5.74) is 0.653. The Morgan fingerprint density at radius 3 is 2.80 bits per heavy atom. The van der Waals surface area contributed by atoms with Crippen LogP contribution in [0, 0.1) is 12.8 Å². The average Bonchev–Trinajstić information content (AvgIpc) is 2.74. The molecule has 2 aromatic heterocycles. The van der Waals surface area contributed by atoms with Crippen LogP contribution in [-0.2, 0) is 6.54 Å². The molecule has 1 amide bonds. The molecule has 0 saturated heterocycles. The van der Waals surface area contributed by atoms with Gasteiger partial charge in [0.25, 0.3) is 11.5 Å². The molecule has 0 bridgehead atoms. The predicted octanol–water partition coefficient (Wildman–Crippen LogP) is 2.17. The van der Waals surface area contributed by atoms with Crippen molar-refractivity contribution in [3.63, 3.8) is 0 Å². The zero-order valence-electron chi connectivity index (χ0n) is 12.2. The van der Waals surface area contributed by atoms with Gasteiger partial charge in [-0.25, -0.2) is 4.98 Å². The zero-order valence-corrected chi connectivity index (χ0v) is 13.0. The van der Waals surface area contributed by atoms with Crippen molar-refractivity contribution in [3.05, 3.63) is 27.1 Å². The molecule has 1 N–H and O–H groups in total. The van der Waals surface area contributed by atoms with Gasteiger partial charge in [0, 0.05) is 13.1 Å². The molecule has 2 rings (SSSR count). The third-order valence-corrected chi connectivity index (χ3v) is 4.33. The maximum absolute atomic E-state index is 12.3. The Balaban J connectivity index is 2.47. The van der Waals surface area contributed by atoms with Crippen LogP contribution in [0.4, 0.5) is 0 Å². The van der Waals surface area contributed by atoms with Crippen LogP contribution in [0.25, 0.3) is 10.2 Å². The molecule has 6 heteroatoms. The Kier molecular flexibility index (Phi) is 4.23. The van der Waals surface area contributed by atoms with Crippen LogP contribution in [0.5, 0.6) is 0 Å². The molecular weight excluding hydrogens is 274 g/mol. The highest BCUT2D eigenvalue weighted by molar-refractivity contribution is 7.20. The van der Waals surface area contributed by atoms with E-state index in [0.29, 0.717) is 34.1 Å². The van der Waals surface area contributed by atoms with Crippen LogP contribution in [-0.4, -0.2) is 22.0 Å². The molecular formula is C14H19N3O2S. The molecule has 0 aliphatic carbocycles. The van der Waals surface area contributed by atoms with Gasteiger partial charge in [0.1, 0.15) is 4.83 Å². The minimum Gasteiger partial charge on any atom is -0.351 e. The molecule has 0 aliphatic heterocycles. The number of carbonyl (C=O) groups excluding carboxylic acids is 1. The number of nitrogens with zero attached hydrogens (tertiary/aromatic N) is 2. The van der Waals surface area contributed by atoms with E-state index in [9.17, 15) is 9.59 Å². The van der Waals surface area contributed by atoms with E-state index >= 15 is 0 Å². The second-order valence-electron chi connectivity index (χ2n) is 5.18. The van der Waals surface area contributed by atoms with E-state index in [1.54, 1.807) is 4.57 Å². The van der Waals surface area contributed by atoms with Gasteiger partial charge in [0.15, 0.2) is 0 Å². The lowest BCUT2D eigenvalue weighted by Crippen LogP contribution is -2.27. The highest BCUT2D eigenvalue weighted by Gasteiger charge is 2.19. The first-order valence-corrected chi connectivity index (χ1v) is 7.54. The second-order valence-corrected chi connectivity index (χ2v) is 6.18. The van der Waals surface area contributed by atoms with E-state index in [-0.39, 0.29) is 11.5 Å². The maximum Gasteiger partial charge on any atom is 0.262 e. The number of hydrogen-bond acceptors (Lipinski definition) is 4. The third kappa shape index (κ3) is 2.60. The predicted molar refractivity (Wildman–Crippen MR) is 81.5 cm³/mol. The minimum absolute atomic E-state index is 0.0749. The Bertz CT molecular complexity index is 700. The van der Waals surface area contributed by atoms with Crippen molar-refractivity contribution in [3.8, 4) is 0 Å². The van der Waals surface area contributed by atoms with E-state index in [1.165, 1.54) is 17.7 Å². The zero-order chi connectivity index (χ0) is 14.9. The van der Waals surface area contributed by atoms with E-state index in [1.807, 2.05) is 27.7 Å². The molecule has 0 fully saturated rings. The lowest BCUT2D eigenvalue weighted by atomic mass is 10.2. The van der Waals surface area contributed by atoms with Crippen molar-refractivity contribution >= 4 is 27.5 Å². The molecule has 0 atom stereocenters. The lowest BCUT2D eigenvalue weighted by Gasteiger charge is -2.06. The van der Waals surface area contributed by atoms with Crippen LogP contribution < -0.4 is 10.9 Å². The summed E-state index contributed by atoms with van der Waals surface area (Å²) in [5, 5.41) is 3.45. The van der Waals surface area contributed by atoms with Crippen LogP contribution in [0.3, 0.4) is 0 Å². The number of rotatable bonds is 4. The molecule has 108 valence electrons. The number of carbonyl (C=O) groups is 1. The summed E-state index contributed by atoms with van der Waals surface area (Å²) >= 11 is 1.28.